The van der Waals surface area contributed by atoms with Crippen molar-refractivity contribution in [1.82, 2.24) is 4.90 Å². The fourth-order valence-electron chi connectivity index (χ4n) is 4.95. The molecule has 1 aromatic heterocycles. The number of carbonyl (C=O) groups excluding carboxylic acids is 1. The van der Waals surface area contributed by atoms with Gasteiger partial charge in [-0.1, -0.05) is 24.3 Å². The molecule has 4 aromatic rings. The van der Waals surface area contributed by atoms with E-state index in [1.807, 2.05) is 50.2 Å². The summed E-state index contributed by atoms with van der Waals surface area (Å²) in [6.07, 6.45) is 0. The standard InChI is InChI=1S/C29H25NO7/c1-3-33-21-12-10-18(14-24(21)34-4-2)26-25-27(31)19-7-5-6-8-20(19)37-28(25)29(32)30(26)15-17-9-11-22-23(13-17)36-16-35-22/h5-14,26H,3-4,15-16H2,1-2H3/t26-/m1/s1. The third-order valence-electron chi connectivity index (χ3n) is 6.55. The zero-order valence-corrected chi connectivity index (χ0v) is 20.5. The summed E-state index contributed by atoms with van der Waals surface area (Å²) in [5, 5.41) is 0.431. The van der Waals surface area contributed by atoms with Crippen molar-refractivity contribution < 1.29 is 28.2 Å². The zero-order chi connectivity index (χ0) is 25.5. The van der Waals surface area contributed by atoms with Crippen molar-refractivity contribution in [2.24, 2.45) is 0 Å². The van der Waals surface area contributed by atoms with Gasteiger partial charge in [0.1, 0.15) is 5.58 Å². The van der Waals surface area contributed by atoms with Crippen LogP contribution in [0.4, 0.5) is 0 Å². The van der Waals surface area contributed by atoms with Crippen molar-refractivity contribution >= 4 is 16.9 Å². The molecule has 0 radical (unpaired) electrons. The van der Waals surface area contributed by atoms with Crippen LogP contribution in [0, 0.1) is 0 Å². The van der Waals surface area contributed by atoms with Crippen LogP contribution in [-0.2, 0) is 6.54 Å². The lowest BCUT2D eigenvalue weighted by Gasteiger charge is -2.26. The second-order valence-electron chi connectivity index (χ2n) is 8.77. The van der Waals surface area contributed by atoms with E-state index in [0.29, 0.717) is 52.7 Å². The van der Waals surface area contributed by atoms with E-state index >= 15 is 0 Å². The Morgan fingerprint density at radius 1 is 0.892 bits per heavy atom. The maximum absolute atomic E-state index is 13.8. The Kier molecular flexibility index (Phi) is 5.71. The Bertz CT molecular complexity index is 1570. The molecule has 2 aliphatic rings. The average molecular weight is 500 g/mol. The first kappa shape index (κ1) is 23.0. The third kappa shape index (κ3) is 3.85. The quantitative estimate of drug-likeness (QED) is 0.351. The maximum Gasteiger partial charge on any atom is 0.291 e. The highest BCUT2D eigenvalue weighted by Crippen LogP contribution is 2.42. The van der Waals surface area contributed by atoms with Crippen LogP contribution in [0.25, 0.3) is 11.0 Å². The Balaban J connectivity index is 1.51. The molecule has 37 heavy (non-hydrogen) atoms. The molecule has 1 amide bonds. The molecule has 0 spiro atoms. The van der Waals surface area contributed by atoms with Gasteiger partial charge in [-0.3, -0.25) is 9.59 Å². The minimum atomic E-state index is -0.677. The number of hydrogen-bond acceptors (Lipinski definition) is 7. The van der Waals surface area contributed by atoms with Crippen LogP contribution >= 0.6 is 0 Å². The largest absolute Gasteiger partial charge is 0.490 e. The summed E-state index contributed by atoms with van der Waals surface area (Å²) >= 11 is 0. The van der Waals surface area contributed by atoms with Crippen LogP contribution < -0.4 is 24.4 Å². The first-order chi connectivity index (χ1) is 18.1. The summed E-state index contributed by atoms with van der Waals surface area (Å²) in [6.45, 7) is 5.11. The van der Waals surface area contributed by atoms with E-state index in [2.05, 4.69) is 0 Å². The molecule has 0 fully saturated rings. The van der Waals surface area contributed by atoms with Crippen molar-refractivity contribution in [3.63, 3.8) is 0 Å². The average Bonchev–Trinajstić information content (AvgIpc) is 3.48. The first-order valence-electron chi connectivity index (χ1n) is 12.2. The topological polar surface area (TPSA) is 87.4 Å². The Hall–Kier alpha value is -4.46. The highest BCUT2D eigenvalue weighted by atomic mass is 16.7. The Labute approximate surface area is 212 Å². The molecule has 3 aromatic carbocycles. The molecule has 0 saturated carbocycles. The van der Waals surface area contributed by atoms with Crippen LogP contribution in [0.5, 0.6) is 23.0 Å². The first-order valence-corrected chi connectivity index (χ1v) is 12.2. The van der Waals surface area contributed by atoms with E-state index in [-0.39, 0.29) is 30.4 Å². The van der Waals surface area contributed by atoms with Gasteiger partial charge in [-0.15, -0.1) is 0 Å². The lowest BCUT2D eigenvalue weighted by Crippen LogP contribution is -2.29. The Morgan fingerprint density at radius 3 is 2.51 bits per heavy atom. The predicted molar refractivity (Wildman–Crippen MR) is 136 cm³/mol. The molecule has 0 aliphatic carbocycles. The summed E-state index contributed by atoms with van der Waals surface area (Å²) in [5.41, 5.74) is 2.03. The molecule has 6 rings (SSSR count). The second kappa shape index (κ2) is 9.20. The van der Waals surface area contributed by atoms with E-state index < -0.39 is 6.04 Å². The smallest absolute Gasteiger partial charge is 0.291 e. The van der Waals surface area contributed by atoms with E-state index in [1.165, 1.54) is 0 Å². The minimum Gasteiger partial charge on any atom is -0.490 e. The molecule has 0 N–H and O–H groups in total. The monoisotopic (exact) mass is 499 g/mol. The van der Waals surface area contributed by atoms with Gasteiger partial charge in [-0.05, 0) is 61.4 Å². The fraction of sp³-hybridized carbons (Fsp3) is 0.241. The van der Waals surface area contributed by atoms with Crippen molar-refractivity contribution in [2.75, 3.05) is 20.0 Å². The number of para-hydroxylation sites is 1. The predicted octanol–water partition coefficient (Wildman–Crippen LogP) is 5.06. The van der Waals surface area contributed by atoms with Crippen molar-refractivity contribution in [1.29, 1.82) is 0 Å². The Morgan fingerprint density at radius 2 is 1.68 bits per heavy atom. The molecule has 0 unspecified atom stereocenters. The van der Waals surface area contributed by atoms with Crippen molar-refractivity contribution in [3.05, 3.63) is 93.3 Å². The van der Waals surface area contributed by atoms with Crippen molar-refractivity contribution in [2.45, 2.75) is 26.4 Å². The van der Waals surface area contributed by atoms with E-state index in [4.69, 9.17) is 23.4 Å². The minimum absolute atomic E-state index is 0.0567. The number of rotatable bonds is 7. The third-order valence-corrected chi connectivity index (χ3v) is 6.55. The molecular formula is C29H25NO7. The van der Waals surface area contributed by atoms with Gasteiger partial charge in [-0.25, -0.2) is 0 Å². The molecule has 0 saturated heterocycles. The number of benzene rings is 3. The molecule has 1 atom stereocenters. The van der Waals surface area contributed by atoms with Crippen molar-refractivity contribution in [3.8, 4) is 23.0 Å². The number of amides is 1. The van der Waals surface area contributed by atoms with Gasteiger partial charge in [0.2, 0.25) is 12.6 Å². The van der Waals surface area contributed by atoms with Crippen LogP contribution in [-0.4, -0.2) is 30.8 Å². The molecule has 0 bridgehead atoms. The van der Waals surface area contributed by atoms with Gasteiger partial charge < -0.3 is 28.3 Å². The maximum atomic E-state index is 13.8. The normalized spacial score (nSPS) is 15.8. The number of nitrogens with zero attached hydrogens (tertiary/aromatic N) is 1. The van der Waals surface area contributed by atoms with Crippen LogP contribution in [0.2, 0.25) is 0 Å². The van der Waals surface area contributed by atoms with E-state index in [0.717, 1.165) is 11.1 Å². The highest BCUT2D eigenvalue weighted by molar-refractivity contribution is 5.99. The summed E-state index contributed by atoms with van der Waals surface area (Å²) in [5.74, 6) is 2.14. The van der Waals surface area contributed by atoms with Crippen LogP contribution in [0.15, 0.2) is 69.9 Å². The van der Waals surface area contributed by atoms with Gasteiger partial charge >= 0.3 is 0 Å². The van der Waals surface area contributed by atoms with E-state index in [9.17, 15) is 9.59 Å². The number of carbonyl (C=O) groups is 1. The summed E-state index contributed by atoms with van der Waals surface area (Å²) in [6, 6.07) is 17.4. The van der Waals surface area contributed by atoms with Gasteiger partial charge in [-0.2, -0.15) is 0 Å². The molecule has 8 heteroatoms. The molecule has 2 aliphatic heterocycles. The van der Waals surface area contributed by atoms with Gasteiger partial charge in [0, 0.05) is 6.54 Å². The van der Waals surface area contributed by atoms with Gasteiger partial charge in [0.15, 0.2) is 28.4 Å². The SMILES string of the molecule is CCOc1ccc([C@@H]2c3c(oc4ccccc4c3=O)C(=O)N2Cc2ccc3c(c2)OCO3)cc1OCC. The molecule has 188 valence electrons. The van der Waals surface area contributed by atoms with Gasteiger partial charge in [0.05, 0.1) is 30.2 Å². The molecular weight excluding hydrogens is 474 g/mol. The lowest BCUT2D eigenvalue weighted by atomic mass is 9.97. The van der Waals surface area contributed by atoms with Gasteiger partial charge in [0.25, 0.3) is 5.91 Å². The second-order valence-corrected chi connectivity index (χ2v) is 8.77. The molecule has 3 heterocycles. The number of ether oxygens (including phenoxy) is 4. The van der Waals surface area contributed by atoms with Crippen LogP contribution in [0.1, 0.15) is 47.1 Å². The summed E-state index contributed by atoms with van der Waals surface area (Å²) < 4.78 is 28.6. The zero-order valence-electron chi connectivity index (χ0n) is 20.5. The fourth-order valence-corrected chi connectivity index (χ4v) is 4.95. The summed E-state index contributed by atoms with van der Waals surface area (Å²) in [4.78, 5) is 29.2. The lowest BCUT2D eigenvalue weighted by molar-refractivity contribution is 0.0714. The number of fused-ring (bicyclic) bond motifs is 3. The van der Waals surface area contributed by atoms with E-state index in [1.54, 1.807) is 29.2 Å². The summed E-state index contributed by atoms with van der Waals surface area (Å²) in [7, 11) is 0. The highest BCUT2D eigenvalue weighted by Gasteiger charge is 2.43. The number of hydrogen-bond donors (Lipinski definition) is 0. The molecule has 8 nitrogen and oxygen atoms in total. The van der Waals surface area contributed by atoms with Crippen LogP contribution in [0.3, 0.4) is 0 Å².